The van der Waals surface area contributed by atoms with Gasteiger partial charge in [0.25, 0.3) is 0 Å². The van der Waals surface area contributed by atoms with Crippen LogP contribution in [0.3, 0.4) is 0 Å². The van der Waals surface area contributed by atoms with Gasteiger partial charge < -0.3 is 14.2 Å². The lowest BCUT2D eigenvalue weighted by Crippen LogP contribution is -2.37. The van der Waals surface area contributed by atoms with Gasteiger partial charge in [0.15, 0.2) is 5.16 Å². The van der Waals surface area contributed by atoms with Crippen LogP contribution in [0.15, 0.2) is 22.7 Å². The van der Waals surface area contributed by atoms with E-state index in [0.29, 0.717) is 30.3 Å². The molecule has 1 fully saturated rings. The van der Waals surface area contributed by atoms with Crippen molar-refractivity contribution in [2.24, 2.45) is 12.9 Å². The topological polar surface area (TPSA) is 107 Å². The third-order valence-electron chi connectivity index (χ3n) is 2.99. The van der Waals surface area contributed by atoms with Crippen molar-refractivity contribution >= 4 is 23.7 Å². The Morgan fingerprint density at radius 1 is 1.29 bits per heavy atom. The van der Waals surface area contributed by atoms with Crippen LogP contribution in [0.4, 0.5) is 11.9 Å². The molecule has 0 aromatic carbocycles. The summed E-state index contributed by atoms with van der Waals surface area (Å²) in [6.07, 6.45) is 3.60. The molecule has 0 bridgehead atoms. The average Bonchev–Trinajstić information content (AvgIpc) is 2.93. The number of ether oxygens (including phenoxy) is 1. The number of aromatic nitrogens is 5. The summed E-state index contributed by atoms with van der Waals surface area (Å²) in [5, 5.41) is 1.35. The highest BCUT2D eigenvalue weighted by atomic mass is 32.2. The highest BCUT2D eigenvalue weighted by Crippen LogP contribution is 2.24. The first-order chi connectivity index (χ1) is 10.3. The number of hydrazine groups is 1. The van der Waals surface area contributed by atoms with Crippen molar-refractivity contribution in [2.45, 2.75) is 10.3 Å². The van der Waals surface area contributed by atoms with Gasteiger partial charge in [0.1, 0.15) is 0 Å². The van der Waals surface area contributed by atoms with Crippen LogP contribution in [0.25, 0.3) is 0 Å². The van der Waals surface area contributed by atoms with Gasteiger partial charge in [-0.1, -0.05) is 0 Å². The molecule has 0 aliphatic carbocycles. The fraction of sp³-hybridized carbons (Fsp3) is 0.455. The minimum absolute atomic E-state index is 0.336. The van der Waals surface area contributed by atoms with Crippen molar-refractivity contribution in [3.05, 3.63) is 12.4 Å². The van der Waals surface area contributed by atoms with Gasteiger partial charge in [-0.3, -0.25) is 5.43 Å². The summed E-state index contributed by atoms with van der Waals surface area (Å²) in [5.74, 6) is 6.38. The standard InChI is InChI=1S/C11H16N8OS/c1-18-3-2-13-11(18)21-10-15-8(17-12)14-9(16-10)19-4-6-20-7-5-19/h2-3H,4-7,12H2,1H3,(H,14,15,16,17). The fourth-order valence-electron chi connectivity index (χ4n) is 1.89. The maximum absolute atomic E-state index is 5.44. The van der Waals surface area contributed by atoms with Crippen LogP contribution >= 0.6 is 11.8 Å². The molecule has 21 heavy (non-hydrogen) atoms. The number of anilines is 2. The fourth-order valence-corrected chi connectivity index (χ4v) is 2.63. The molecular formula is C11H16N8OS. The summed E-state index contributed by atoms with van der Waals surface area (Å²) in [7, 11) is 1.92. The second kappa shape index (κ2) is 6.24. The number of nitrogen functional groups attached to an aromatic ring is 1. The zero-order valence-corrected chi connectivity index (χ0v) is 12.4. The van der Waals surface area contributed by atoms with Gasteiger partial charge in [0.2, 0.25) is 17.1 Å². The van der Waals surface area contributed by atoms with Crippen LogP contribution in [-0.2, 0) is 11.8 Å². The van der Waals surface area contributed by atoms with Crippen molar-refractivity contribution in [1.29, 1.82) is 0 Å². The molecule has 1 aliphatic heterocycles. The molecule has 3 heterocycles. The van der Waals surface area contributed by atoms with E-state index in [9.17, 15) is 0 Å². The van der Waals surface area contributed by atoms with Crippen LogP contribution in [0.5, 0.6) is 0 Å². The predicted octanol–water partition coefficient (Wildman–Crippen LogP) is -0.121. The average molecular weight is 308 g/mol. The molecule has 1 aliphatic rings. The summed E-state index contributed by atoms with van der Waals surface area (Å²) < 4.78 is 7.24. The molecule has 10 heteroatoms. The summed E-state index contributed by atoms with van der Waals surface area (Å²) in [5.41, 5.74) is 2.48. The molecule has 0 saturated carbocycles. The third kappa shape index (κ3) is 3.23. The quantitative estimate of drug-likeness (QED) is 0.590. The lowest BCUT2D eigenvalue weighted by Gasteiger charge is -2.26. The number of nitrogens with one attached hydrogen (secondary N) is 1. The van der Waals surface area contributed by atoms with Crippen molar-refractivity contribution in [3.8, 4) is 0 Å². The zero-order valence-electron chi connectivity index (χ0n) is 11.6. The summed E-state index contributed by atoms with van der Waals surface area (Å²) in [4.78, 5) is 19.3. The van der Waals surface area contributed by atoms with Crippen molar-refractivity contribution < 1.29 is 4.74 Å². The number of nitrogens with zero attached hydrogens (tertiary/aromatic N) is 6. The van der Waals surface area contributed by atoms with Gasteiger partial charge in [-0.05, 0) is 11.8 Å². The Hall–Kier alpha value is -1.91. The molecule has 0 amide bonds. The Kier molecular flexibility index (Phi) is 4.18. The van der Waals surface area contributed by atoms with Gasteiger partial charge in [-0.2, -0.15) is 15.0 Å². The number of nitrogens with two attached hydrogens (primary N) is 1. The number of aryl methyl sites for hydroxylation is 1. The number of hydrogen-bond acceptors (Lipinski definition) is 9. The summed E-state index contributed by atoms with van der Waals surface area (Å²) >= 11 is 1.36. The van der Waals surface area contributed by atoms with Crippen LogP contribution in [0.1, 0.15) is 0 Å². The second-order valence-electron chi connectivity index (χ2n) is 4.41. The number of rotatable bonds is 4. The van der Waals surface area contributed by atoms with Crippen LogP contribution < -0.4 is 16.2 Å². The van der Waals surface area contributed by atoms with E-state index in [4.69, 9.17) is 10.6 Å². The first-order valence-corrected chi connectivity index (χ1v) is 7.28. The molecule has 0 atom stereocenters. The van der Waals surface area contributed by atoms with Gasteiger partial charge in [-0.25, -0.2) is 10.8 Å². The second-order valence-corrected chi connectivity index (χ2v) is 5.34. The molecule has 2 aromatic rings. The summed E-state index contributed by atoms with van der Waals surface area (Å²) in [6.45, 7) is 2.83. The maximum atomic E-state index is 5.44. The summed E-state index contributed by atoms with van der Waals surface area (Å²) in [6, 6.07) is 0. The van der Waals surface area contributed by atoms with E-state index < -0.39 is 0 Å². The Morgan fingerprint density at radius 2 is 2.10 bits per heavy atom. The number of imidazole rings is 1. The maximum Gasteiger partial charge on any atom is 0.242 e. The van der Waals surface area contributed by atoms with Crippen molar-refractivity contribution in [1.82, 2.24) is 24.5 Å². The zero-order chi connectivity index (χ0) is 14.7. The monoisotopic (exact) mass is 308 g/mol. The van der Waals surface area contributed by atoms with Crippen LogP contribution in [-0.4, -0.2) is 50.8 Å². The Bertz CT molecular complexity index is 612. The van der Waals surface area contributed by atoms with Gasteiger partial charge in [-0.15, -0.1) is 0 Å². The Balaban J connectivity index is 1.87. The van der Waals surface area contributed by atoms with E-state index in [-0.39, 0.29) is 0 Å². The molecule has 0 unspecified atom stereocenters. The van der Waals surface area contributed by atoms with E-state index in [1.807, 2.05) is 17.8 Å². The SMILES string of the molecule is Cn1ccnc1Sc1nc(NN)nc(N2CCOCC2)n1. The molecule has 0 radical (unpaired) electrons. The molecule has 3 rings (SSSR count). The van der Waals surface area contributed by atoms with E-state index >= 15 is 0 Å². The highest BCUT2D eigenvalue weighted by Gasteiger charge is 2.17. The van der Waals surface area contributed by atoms with E-state index in [1.165, 1.54) is 11.8 Å². The predicted molar refractivity (Wildman–Crippen MR) is 78.0 cm³/mol. The third-order valence-corrected chi connectivity index (χ3v) is 3.93. The molecular weight excluding hydrogens is 292 g/mol. The molecule has 1 saturated heterocycles. The van der Waals surface area contributed by atoms with E-state index in [0.717, 1.165) is 18.2 Å². The first kappa shape index (κ1) is 14.0. The lowest BCUT2D eigenvalue weighted by atomic mass is 10.4. The van der Waals surface area contributed by atoms with Crippen LogP contribution in [0.2, 0.25) is 0 Å². The Labute approximate surface area is 125 Å². The molecule has 9 nitrogen and oxygen atoms in total. The number of morpholine rings is 1. The molecule has 2 aromatic heterocycles. The van der Waals surface area contributed by atoms with Crippen molar-refractivity contribution in [2.75, 3.05) is 36.6 Å². The van der Waals surface area contributed by atoms with Gasteiger partial charge in [0.05, 0.1) is 13.2 Å². The molecule has 0 spiro atoms. The van der Waals surface area contributed by atoms with Crippen molar-refractivity contribution in [3.63, 3.8) is 0 Å². The minimum atomic E-state index is 0.336. The largest absolute Gasteiger partial charge is 0.378 e. The number of hydrogen-bond donors (Lipinski definition) is 2. The van der Waals surface area contributed by atoms with Gasteiger partial charge >= 0.3 is 0 Å². The molecule has 3 N–H and O–H groups in total. The smallest absolute Gasteiger partial charge is 0.242 e. The van der Waals surface area contributed by atoms with E-state index in [1.54, 1.807) is 6.20 Å². The minimum Gasteiger partial charge on any atom is -0.378 e. The van der Waals surface area contributed by atoms with Crippen LogP contribution in [0, 0.1) is 0 Å². The van der Waals surface area contributed by atoms with E-state index in [2.05, 4.69) is 30.3 Å². The highest BCUT2D eigenvalue weighted by molar-refractivity contribution is 7.99. The Morgan fingerprint density at radius 3 is 2.76 bits per heavy atom. The van der Waals surface area contributed by atoms with Gasteiger partial charge in [0, 0.05) is 32.5 Å². The lowest BCUT2D eigenvalue weighted by molar-refractivity contribution is 0.122. The molecule has 112 valence electrons. The first-order valence-electron chi connectivity index (χ1n) is 6.47. The normalized spacial score (nSPS) is 15.2.